The first kappa shape index (κ1) is 18.0. The summed E-state index contributed by atoms with van der Waals surface area (Å²) in [7, 11) is 0. The van der Waals surface area contributed by atoms with Gasteiger partial charge in [-0.25, -0.2) is 4.79 Å². The van der Waals surface area contributed by atoms with Crippen LogP contribution in [0.2, 0.25) is 0 Å². The van der Waals surface area contributed by atoms with Crippen LogP contribution in [0.4, 0.5) is 0 Å². The van der Waals surface area contributed by atoms with E-state index >= 15 is 0 Å². The van der Waals surface area contributed by atoms with Gasteiger partial charge < -0.3 is 14.9 Å². The molecule has 24 heavy (non-hydrogen) atoms. The van der Waals surface area contributed by atoms with Gasteiger partial charge in [0.25, 0.3) is 0 Å². The third-order valence-corrected chi connectivity index (χ3v) is 4.25. The Morgan fingerprint density at radius 2 is 2.04 bits per heavy atom. The molecule has 8 heteroatoms. The molecule has 1 atom stereocenters. The number of amides is 1. The van der Waals surface area contributed by atoms with Crippen molar-refractivity contribution in [2.75, 3.05) is 5.75 Å². The fourth-order valence-electron chi connectivity index (χ4n) is 2.16. The zero-order valence-corrected chi connectivity index (χ0v) is 14.3. The topological polar surface area (TPSA) is 105 Å². The Kier molecular flexibility index (Phi) is 5.97. The lowest BCUT2D eigenvalue weighted by Gasteiger charge is -2.26. The minimum Gasteiger partial charge on any atom is -0.480 e. The molecule has 2 rings (SSSR count). The van der Waals surface area contributed by atoms with Gasteiger partial charge in [0.05, 0.1) is 11.5 Å². The molecule has 0 unspecified atom stereocenters. The lowest BCUT2D eigenvalue weighted by Crippen LogP contribution is -2.54. The van der Waals surface area contributed by atoms with E-state index in [4.69, 9.17) is 4.52 Å². The van der Waals surface area contributed by atoms with E-state index in [9.17, 15) is 14.7 Å². The van der Waals surface area contributed by atoms with E-state index in [2.05, 4.69) is 15.5 Å². The molecule has 0 aliphatic rings. The van der Waals surface area contributed by atoms with Gasteiger partial charge in [-0.1, -0.05) is 35.5 Å². The number of carboxylic acid groups (broad SMARTS) is 1. The second kappa shape index (κ2) is 7.96. The largest absolute Gasteiger partial charge is 0.480 e. The highest BCUT2D eigenvalue weighted by Gasteiger charge is 2.34. The molecule has 0 fully saturated rings. The van der Waals surface area contributed by atoms with Gasteiger partial charge in [-0.05, 0) is 12.5 Å². The van der Waals surface area contributed by atoms with Crippen LogP contribution in [0.15, 0.2) is 34.9 Å². The Bertz CT molecular complexity index is 704. The number of carbonyl (C=O) groups excluding carboxylic acids is 1. The zero-order valence-electron chi connectivity index (χ0n) is 13.5. The SMILES string of the molecule is Cc1nc(CSCC(=O)N[C@@](C)(Cc2ccccc2)C(=O)O)no1. The van der Waals surface area contributed by atoms with Gasteiger partial charge in [-0.2, -0.15) is 4.98 Å². The number of hydrogen-bond acceptors (Lipinski definition) is 6. The predicted octanol–water partition coefficient (Wildman–Crippen LogP) is 1.81. The van der Waals surface area contributed by atoms with Crippen LogP contribution in [-0.4, -0.2) is 38.4 Å². The summed E-state index contributed by atoms with van der Waals surface area (Å²) < 4.78 is 4.85. The molecule has 1 aromatic carbocycles. The minimum absolute atomic E-state index is 0.116. The smallest absolute Gasteiger partial charge is 0.329 e. The van der Waals surface area contributed by atoms with Crippen LogP contribution in [0.3, 0.4) is 0 Å². The number of nitrogens with one attached hydrogen (secondary N) is 1. The molecule has 2 N–H and O–H groups in total. The van der Waals surface area contributed by atoms with Crippen molar-refractivity contribution >= 4 is 23.6 Å². The van der Waals surface area contributed by atoms with Gasteiger partial charge in [0, 0.05) is 13.3 Å². The molecule has 0 radical (unpaired) electrons. The molecule has 7 nitrogen and oxygen atoms in total. The van der Waals surface area contributed by atoms with E-state index in [1.807, 2.05) is 30.3 Å². The Morgan fingerprint density at radius 3 is 2.62 bits per heavy atom. The molecule has 128 valence electrons. The number of aromatic nitrogens is 2. The molecular weight excluding hydrogens is 330 g/mol. The van der Waals surface area contributed by atoms with Crippen molar-refractivity contribution < 1.29 is 19.2 Å². The van der Waals surface area contributed by atoms with Crippen LogP contribution in [0.1, 0.15) is 24.2 Å². The van der Waals surface area contributed by atoms with Crippen LogP contribution in [-0.2, 0) is 21.8 Å². The zero-order chi connectivity index (χ0) is 17.6. The second-order valence-corrected chi connectivity index (χ2v) is 6.56. The van der Waals surface area contributed by atoms with Crippen molar-refractivity contribution in [3.63, 3.8) is 0 Å². The standard InChI is InChI=1S/C16H19N3O4S/c1-11-17-13(19-23-11)9-24-10-14(20)18-16(2,15(21)22)8-12-6-4-3-5-7-12/h3-7H,8-10H2,1-2H3,(H,18,20)(H,21,22)/t16-/m0/s1. The summed E-state index contributed by atoms with van der Waals surface area (Å²) in [6.45, 7) is 3.20. The monoisotopic (exact) mass is 349 g/mol. The summed E-state index contributed by atoms with van der Waals surface area (Å²) >= 11 is 1.30. The van der Waals surface area contributed by atoms with Gasteiger partial charge in [-0.3, -0.25) is 4.79 Å². The van der Waals surface area contributed by atoms with Crippen LogP contribution in [0, 0.1) is 6.92 Å². The van der Waals surface area contributed by atoms with Gasteiger partial charge in [0.15, 0.2) is 5.82 Å². The quantitative estimate of drug-likeness (QED) is 0.749. The number of carboxylic acids is 1. The molecule has 0 saturated carbocycles. The molecule has 0 bridgehead atoms. The molecule has 1 aromatic heterocycles. The minimum atomic E-state index is -1.36. The fraction of sp³-hybridized carbons (Fsp3) is 0.375. The van der Waals surface area contributed by atoms with Gasteiger partial charge in [0.1, 0.15) is 5.54 Å². The first-order chi connectivity index (χ1) is 11.4. The van der Waals surface area contributed by atoms with E-state index < -0.39 is 11.5 Å². The maximum absolute atomic E-state index is 12.1. The van der Waals surface area contributed by atoms with E-state index in [1.54, 1.807) is 6.92 Å². The summed E-state index contributed by atoms with van der Waals surface area (Å²) in [5, 5.41) is 15.8. The normalized spacial score (nSPS) is 13.2. The van der Waals surface area contributed by atoms with Crippen LogP contribution < -0.4 is 5.32 Å². The molecule has 0 aliphatic carbocycles. The average Bonchev–Trinajstić information content (AvgIpc) is 2.93. The summed E-state index contributed by atoms with van der Waals surface area (Å²) in [6.07, 6.45) is 0.212. The fourth-order valence-corrected chi connectivity index (χ4v) is 2.82. The van der Waals surface area contributed by atoms with Gasteiger partial charge in [0.2, 0.25) is 11.8 Å². The molecule has 1 amide bonds. The summed E-state index contributed by atoms with van der Waals surface area (Å²) in [4.78, 5) is 27.7. The predicted molar refractivity (Wildman–Crippen MR) is 89.5 cm³/mol. The summed E-state index contributed by atoms with van der Waals surface area (Å²) in [5.41, 5.74) is -0.514. The number of carbonyl (C=O) groups is 2. The highest BCUT2D eigenvalue weighted by Crippen LogP contribution is 2.15. The number of rotatable bonds is 8. The molecule has 0 aliphatic heterocycles. The second-order valence-electron chi connectivity index (χ2n) is 5.57. The first-order valence-corrected chi connectivity index (χ1v) is 8.50. The van der Waals surface area contributed by atoms with Gasteiger partial charge >= 0.3 is 5.97 Å². The Hall–Kier alpha value is -2.35. The average molecular weight is 349 g/mol. The lowest BCUT2D eigenvalue weighted by atomic mass is 9.93. The van der Waals surface area contributed by atoms with Crippen molar-refractivity contribution in [3.05, 3.63) is 47.6 Å². The molecule has 0 spiro atoms. The third-order valence-electron chi connectivity index (χ3n) is 3.32. The van der Waals surface area contributed by atoms with Gasteiger partial charge in [-0.15, -0.1) is 11.8 Å². The number of hydrogen-bond donors (Lipinski definition) is 2. The van der Waals surface area contributed by atoms with E-state index in [0.717, 1.165) is 5.56 Å². The summed E-state index contributed by atoms with van der Waals surface area (Å²) in [6, 6.07) is 9.20. The highest BCUT2D eigenvalue weighted by atomic mass is 32.2. The molecular formula is C16H19N3O4S. The Labute approximate surface area is 143 Å². The molecule has 0 saturated heterocycles. The first-order valence-electron chi connectivity index (χ1n) is 7.34. The number of nitrogens with zero attached hydrogens (tertiary/aromatic N) is 2. The van der Waals surface area contributed by atoms with Crippen molar-refractivity contribution in [3.8, 4) is 0 Å². The highest BCUT2D eigenvalue weighted by molar-refractivity contribution is 7.99. The van der Waals surface area contributed by atoms with E-state index in [1.165, 1.54) is 18.7 Å². The number of thioether (sulfide) groups is 1. The van der Waals surface area contributed by atoms with Crippen molar-refractivity contribution in [2.45, 2.75) is 31.6 Å². The summed E-state index contributed by atoms with van der Waals surface area (Å²) in [5.74, 6) is 0.102. The van der Waals surface area contributed by atoms with E-state index in [0.29, 0.717) is 17.5 Å². The maximum Gasteiger partial charge on any atom is 0.329 e. The van der Waals surface area contributed by atoms with Crippen molar-refractivity contribution in [1.82, 2.24) is 15.5 Å². The molecule has 1 heterocycles. The van der Waals surface area contributed by atoms with E-state index in [-0.39, 0.29) is 18.1 Å². The number of aryl methyl sites for hydroxylation is 1. The Morgan fingerprint density at radius 1 is 1.33 bits per heavy atom. The van der Waals surface area contributed by atoms with Crippen LogP contribution in [0.5, 0.6) is 0 Å². The number of benzene rings is 1. The van der Waals surface area contributed by atoms with Crippen molar-refractivity contribution in [2.24, 2.45) is 0 Å². The van der Waals surface area contributed by atoms with Crippen molar-refractivity contribution in [1.29, 1.82) is 0 Å². The third kappa shape index (κ3) is 5.09. The van der Waals surface area contributed by atoms with Crippen LogP contribution >= 0.6 is 11.8 Å². The maximum atomic E-state index is 12.1. The Balaban J connectivity index is 1.89. The number of aliphatic carboxylic acids is 1. The molecule has 2 aromatic rings. The lowest BCUT2D eigenvalue weighted by molar-refractivity contribution is -0.146. The van der Waals surface area contributed by atoms with Crippen LogP contribution in [0.25, 0.3) is 0 Å².